The summed E-state index contributed by atoms with van der Waals surface area (Å²) in [6, 6.07) is 4.95. The maximum atomic E-state index is 12.8. The van der Waals surface area contributed by atoms with Gasteiger partial charge in [0.2, 0.25) is 5.91 Å². The van der Waals surface area contributed by atoms with Crippen LogP contribution in [0.4, 0.5) is 5.69 Å². The molecule has 1 aromatic carbocycles. The van der Waals surface area contributed by atoms with Gasteiger partial charge in [0.15, 0.2) is 0 Å². The lowest BCUT2D eigenvalue weighted by atomic mass is 10.0. The van der Waals surface area contributed by atoms with Crippen LogP contribution in [0.2, 0.25) is 0 Å². The Kier molecular flexibility index (Phi) is 6.08. The van der Waals surface area contributed by atoms with Gasteiger partial charge in [0.1, 0.15) is 11.9 Å². The molecular formula is C21H30N4O2. The van der Waals surface area contributed by atoms with Crippen molar-refractivity contribution in [2.75, 3.05) is 5.32 Å². The van der Waals surface area contributed by atoms with Crippen molar-refractivity contribution in [1.29, 1.82) is 0 Å². The molecular weight excluding hydrogens is 340 g/mol. The van der Waals surface area contributed by atoms with Crippen molar-refractivity contribution in [1.82, 2.24) is 14.9 Å². The van der Waals surface area contributed by atoms with Crippen molar-refractivity contribution in [2.45, 2.75) is 66.0 Å². The largest absolute Gasteiger partial charge is 0.347 e. The first kappa shape index (κ1) is 20.7. The Bertz CT molecular complexity index is 831. The normalized spacial score (nSPS) is 12.7. The first-order valence-electron chi connectivity index (χ1n) is 9.27. The van der Waals surface area contributed by atoms with Crippen LogP contribution in [0, 0.1) is 6.92 Å². The molecule has 0 saturated heterocycles. The molecule has 2 aromatic rings. The summed E-state index contributed by atoms with van der Waals surface area (Å²) in [7, 11) is 0. The Balaban J connectivity index is 2.22. The lowest BCUT2D eigenvalue weighted by molar-refractivity contribution is -0.118. The zero-order valence-electron chi connectivity index (χ0n) is 17.3. The van der Waals surface area contributed by atoms with Crippen LogP contribution in [0.1, 0.15) is 75.2 Å². The molecule has 0 radical (unpaired) electrons. The van der Waals surface area contributed by atoms with E-state index >= 15 is 0 Å². The molecule has 0 bridgehead atoms. The number of imidazole rings is 1. The molecule has 0 unspecified atom stereocenters. The lowest BCUT2D eigenvalue weighted by Gasteiger charge is -2.22. The van der Waals surface area contributed by atoms with Crippen molar-refractivity contribution in [3.8, 4) is 0 Å². The molecule has 0 fully saturated rings. The summed E-state index contributed by atoms with van der Waals surface area (Å²) < 4.78 is 1.88. The highest BCUT2D eigenvalue weighted by molar-refractivity contribution is 6.00. The lowest BCUT2D eigenvalue weighted by Crippen LogP contribution is -2.40. The van der Waals surface area contributed by atoms with Crippen molar-refractivity contribution in [3.63, 3.8) is 0 Å². The molecule has 0 aliphatic rings. The highest BCUT2D eigenvalue weighted by Crippen LogP contribution is 2.23. The van der Waals surface area contributed by atoms with Gasteiger partial charge < -0.3 is 15.2 Å². The van der Waals surface area contributed by atoms with E-state index in [9.17, 15) is 9.59 Å². The summed E-state index contributed by atoms with van der Waals surface area (Å²) in [5.74, 6) is 0.793. The molecule has 2 N–H and O–H groups in total. The number of nitrogens with zero attached hydrogens (tertiary/aromatic N) is 2. The Morgan fingerprint density at radius 3 is 2.41 bits per heavy atom. The van der Waals surface area contributed by atoms with Gasteiger partial charge in [0.05, 0.1) is 0 Å². The average molecular weight is 370 g/mol. The number of anilines is 1. The van der Waals surface area contributed by atoms with Gasteiger partial charge in [-0.2, -0.15) is 0 Å². The molecule has 0 aliphatic carbocycles. The van der Waals surface area contributed by atoms with Gasteiger partial charge in [-0.25, -0.2) is 4.98 Å². The van der Waals surface area contributed by atoms with Crippen LogP contribution in [-0.2, 0) is 4.79 Å². The molecule has 2 amide bonds. The SMILES string of the molecule is Cc1c(NC(=O)[C@@H](C)n2ccnc2C(C)C)cccc1C(=O)NC(C)(C)C. The van der Waals surface area contributed by atoms with Gasteiger partial charge in [-0.3, -0.25) is 9.59 Å². The van der Waals surface area contributed by atoms with Gasteiger partial charge in [0, 0.05) is 35.1 Å². The molecule has 1 aromatic heterocycles. The predicted molar refractivity (Wildman–Crippen MR) is 108 cm³/mol. The van der Waals surface area contributed by atoms with Crippen LogP contribution in [0.5, 0.6) is 0 Å². The minimum Gasteiger partial charge on any atom is -0.347 e. The number of aromatic nitrogens is 2. The van der Waals surface area contributed by atoms with Crippen molar-refractivity contribution >= 4 is 17.5 Å². The van der Waals surface area contributed by atoms with Gasteiger partial charge in [-0.15, -0.1) is 0 Å². The molecule has 1 atom stereocenters. The number of carbonyl (C=O) groups excluding carboxylic acids is 2. The Hall–Kier alpha value is -2.63. The standard InChI is InChI=1S/C21H30N4O2/c1-13(2)18-22-11-12-25(18)15(4)19(26)23-17-10-8-9-16(14(17)3)20(27)24-21(5,6)7/h8-13,15H,1-7H3,(H,23,26)(H,24,27)/t15-/m1/s1. The smallest absolute Gasteiger partial charge is 0.252 e. The Morgan fingerprint density at radius 2 is 1.81 bits per heavy atom. The monoisotopic (exact) mass is 370 g/mol. The van der Waals surface area contributed by atoms with Gasteiger partial charge in [-0.05, 0) is 52.3 Å². The fourth-order valence-corrected chi connectivity index (χ4v) is 2.89. The molecule has 0 aliphatic heterocycles. The second kappa shape index (κ2) is 7.94. The average Bonchev–Trinajstić information content (AvgIpc) is 3.04. The van der Waals surface area contributed by atoms with Gasteiger partial charge in [-0.1, -0.05) is 19.9 Å². The number of carbonyl (C=O) groups is 2. The minimum atomic E-state index is -0.406. The predicted octanol–water partition coefficient (Wildman–Crippen LogP) is 4.04. The molecule has 0 spiro atoms. The third-order valence-electron chi connectivity index (χ3n) is 4.34. The van der Waals surface area contributed by atoms with Crippen LogP contribution < -0.4 is 10.6 Å². The fourth-order valence-electron chi connectivity index (χ4n) is 2.89. The van der Waals surface area contributed by atoms with E-state index in [0.29, 0.717) is 11.3 Å². The van der Waals surface area contributed by atoms with E-state index in [2.05, 4.69) is 15.6 Å². The molecule has 0 saturated carbocycles. The minimum absolute atomic E-state index is 0.147. The van der Waals surface area contributed by atoms with Crippen LogP contribution in [0.15, 0.2) is 30.6 Å². The summed E-state index contributed by atoms with van der Waals surface area (Å²) in [5, 5.41) is 5.91. The van der Waals surface area contributed by atoms with Crippen molar-refractivity contribution in [3.05, 3.63) is 47.5 Å². The number of rotatable bonds is 5. The van der Waals surface area contributed by atoms with E-state index < -0.39 is 6.04 Å². The highest BCUT2D eigenvalue weighted by atomic mass is 16.2. The molecule has 2 rings (SSSR count). The van der Waals surface area contributed by atoms with Crippen LogP contribution >= 0.6 is 0 Å². The Morgan fingerprint density at radius 1 is 1.15 bits per heavy atom. The molecule has 1 heterocycles. The second-order valence-corrected chi connectivity index (χ2v) is 8.19. The van der Waals surface area contributed by atoms with E-state index in [0.717, 1.165) is 11.4 Å². The molecule has 146 valence electrons. The van der Waals surface area contributed by atoms with Gasteiger partial charge >= 0.3 is 0 Å². The van der Waals surface area contributed by atoms with Crippen LogP contribution in [0.25, 0.3) is 0 Å². The number of hydrogen-bond donors (Lipinski definition) is 2. The fraction of sp³-hybridized carbons (Fsp3) is 0.476. The Labute approximate surface area is 161 Å². The second-order valence-electron chi connectivity index (χ2n) is 8.19. The number of nitrogens with one attached hydrogen (secondary N) is 2. The summed E-state index contributed by atoms with van der Waals surface area (Å²) in [4.78, 5) is 29.7. The van der Waals surface area contributed by atoms with Gasteiger partial charge in [0.25, 0.3) is 5.91 Å². The van der Waals surface area contributed by atoms with Crippen LogP contribution in [0.3, 0.4) is 0 Å². The summed E-state index contributed by atoms with van der Waals surface area (Å²) in [6.45, 7) is 13.6. The summed E-state index contributed by atoms with van der Waals surface area (Å²) in [6.07, 6.45) is 3.53. The number of amides is 2. The third-order valence-corrected chi connectivity index (χ3v) is 4.34. The number of hydrogen-bond acceptors (Lipinski definition) is 3. The van der Waals surface area contributed by atoms with E-state index in [1.807, 2.05) is 65.3 Å². The van der Waals surface area contributed by atoms with E-state index in [1.54, 1.807) is 18.3 Å². The van der Waals surface area contributed by atoms with Crippen LogP contribution in [-0.4, -0.2) is 26.9 Å². The first-order chi connectivity index (χ1) is 12.5. The zero-order chi connectivity index (χ0) is 20.4. The first-order valence-corrected chi connectivity index (χ1v) is 9.27. The number of benzene rings is 1. The maximum Gasteiger partial charge on any atom is 0.252 e. The van der Waals surface area contributed by atoms with E-state index in [4.69, 9.17) is 0 Å². The topological polar surface area (TPSA) is 76.0 Å². The summed E-state index contributed by atoms with van der Waals surface area (Å²) in [5.41, 5.74) is 1.61. The third kappa shape index (κ3) is 4.96. The summed E-state index contributed by atoms with van der Waals surface area (Å²) >= 11 is 0. The quantitative estimate of drug-likeness (QED) is 0.834. The van der Waals surface area contributed by atoms with E-state index in [-0.39, 0.29) is 23.3 Å². The maximum absolute atomic E-state index is 12.8. The van der Waals surface area contributed by atoms with Crippen molar-refractivity contribution in [2.24, 2.45) is 0 Å². The molecule has 6 heteroatoms. The van der Waals surface area contributed by atoms with Crippen molar-refractivity contribution < 1.29 is 9.59 Å². The molecule has 6 nitrogen and oxygen atoms in total. The van der Waals surface area contributed by atoms with E-state index in [1.165, 1.54) is 0 Å². The zero-order valence-corrected chi connectivity index (χ0v) is 17.3. The molecule has 27 heavy (non-hydrogen) atoms. The highest BCUT2D eigenvalue weighted by Gasteiger charge is 2.22.